The minimum atomic E-state index is -3.59. The molecule has 0 aromatic carbocycles. The molecule has 1 rings (SSSR count). The molecule has 7 heteroatoms. The number of aryl methyl sites for hydroxylation is 1. The van der Waals surface area contributed by atoms with Gasteiger partial charge in [-0.1, -0.05) is 12.2 Å². The summed E-state index contributed by atoms with van der Waals surface area (Å²) in [5.74, 6) is 0.0102. The maximum Gasteiger partial charge on any atom is 0.246 e. The van der Waals surface area contributed by atoms with Crippen molar-refractivity contribution in [3.05, 3.63) is 18.3 Å². The van der Waals surface area contributed by atoms with Gasteiger partial charge < -0.3 is 5.73 Å². The Labute approximate surface area is 95.2 Å². The minimum Gasteiger partial charge on any atom is -0.381 e. The summed E-state index contributed by atoms with van der Waals surface area (Å²) in [6.07, 6.45) is 1.41. The molecule has 0 aliphatic heterocycles. The Morgan fingerprint density at radius 2 is 2.31 bits per heavy atom. The van der Waals surface area contributed by atoms with Gasteiger partial charge in [-0.15, -0.1) is 0 Å². The topological polar surface area (TPSA) is 90.0 Å². The van der Waals surface area contributed by atoms with Crippen LogP contribution >= 0.6 is 0 Å². The van der Waals surface area contributed by atoms with Crippen LogP contribution in [0.1, 0.15) is 13.8 Å². The van der Waals surface area contributed by atoms with Crippen LogP contribution in [0.3, 0.4) is 0 Å². The zero-order valence-electron chi connectivity index (χ0n) is 9.40. The molecule has 3 N–H and O–H groups in total. The molecule has 0 radical (unpaired) electrons. The zero-order chi connectivity index (χ0) is 12.3. The molecule has 0 fully saturated rings. The van der Waals surface area contributed by atoms with Crippen molar-refractivity contribution in [1.29, 1.82) is 0 Å². The molecule has 0 unspecified atom stereocenters. The third-order valence-corrected chi connectivity index (χ3v) is 3.35. The van der Waals surface area contributed by atoms with Gasteiger partial charge in [-0.25, -0.2) is 13.1 Å². The van der Waals surface area contributed by atoms with Gasteiger partial charge in [0.05, 0.1) is 0 Å². The lowest BCUT2D eigenvalue weighted by Crippen LogP contribution is -2.25. The van der Waals surface area contributed by atoms with Crippen molar-refractivity contribution in [2.75, 3.05) is 12.3 Å². The molecular formula is C9H16N4O2S. The number of hydrogen-bond donors (Lipinski definition) is 2. The second-order valence-corrected chi connectivity index (χ2v) is 5.25. The molecule has 1 aromatic rings. The van der Waals surface area contributed by atoms with Crippen LogP contribution < -0.4 is 10.5 Å². The molecule has 1 aromatic heterocycles. The summed E-state index contributed by atoms with van der Waals surface area (Å²) >= 11 is 0. The van der Waals surface area contributed by atoms with Crippen LogP contribution in [0.25, 0.3) is 0 Å². The number of sulfonamides is 1. The van der Waals surface area contributed by atoms with Gasteiger partial charge in [-0.3, -0.25) is 4.68 Å². The van der Waals surface area contributed by atoms with Gasteiger partial charge in [0.1, 0.15) is 4.90 Å². The summed E-state index contributed by atoms with van der Waals surface area (Å²) in [5, 5.41) is 3.88. The Morgan fingerprint density at radius 3 is 2.75 bits per heavy atom. The largest absolute Gasteiger partial charge is 0.381 e. The number of nitrogen functional groups attached to an aromatic ring is 1. The monoisotopic (exact) mass is 244 g/mol. The molecule has 0 amide bonds. The quantitative estimate of drug-likeness (QED) is 0.731. The second-order valence-electron chi connectivity index (χ2n) is 3.52. The fourth-order valence-corrected chi connectivity index (χ4v) is 2.25. The van der Waals surface area contributed by atoms with Crippen molar-refractivity contribution in [2.45, 2.75) is 25.3 Å². The van der Waals surface area contributed by atoms with E-state index >= 15 is 0 Å². The molecule has 0 saturated heterocycles. The first-order valence-corrected chi connectivity index (χ1v) is 6.32. The first kappa shape index (κ1) is 12.7. The molecule has 0 saturated carbocycles. The molecular weight excluding hydrogens is 228 g/mol. The van der Waals surface area contributed by atoms with Crippen molar-refractivity contribution >= 4 is 15.8 Å². The lowest BCUT2D eigenvalue weighted by atomic mass is 10.4. The average Bonchev–Trinajstić information content (AvgIpc) is 2.57. The molecule has 0 aliphatic rings. The van der Waals surface area contributed by atoms with Crippen LogP contribution in [0.2, 0.25) is 0 Å². The number of hydrogen-bond acceptors (Lipinski definition) is 4. The average molecular weight is 244 g/mol. The van der Waals surface area contributed by atoms with E-state index in [2.05, 4.69) is 16.4 Å². The van der Waals surface area contributed by atoms with Crippen LogP contribution in [-0.2, 0) is 16.6 Å². The van der Waals surface area contributed by atoms with Gasteiger partial charge in [0.25, 0.3) is 0 Å². The molecule has 90 valence electrons. The number of nitrogens with one attached hydrogen (secondary N) is 1. The fourth-order valence-electron chi connectivity index (χ4n) is 1.08. The number of nitrogens with two attached hydrogens (primary N) is 1. The first-order chi connectivity index (χ1) is 7.36. The number of aromatic nitrogens is 2. The molecule has 0 spiro atoms. The summed E-state index contributed by atoms with van der Waals surface area (Å²) in [5.41, 5.74) is 6.26. The van der Waals surface area contributed by atoms with Crippen molar-refractivity contribution in [3.8, 4) is 0 Å². The Hall–Kier alpha value is -1.34. The van der Waals surface area contributed by atoms with Crippen LogP contribution in [0.5, 0.6) is 0 Å². The lowest BCUT2D eigenvalue weighted by Gasteiger charge is -2.04. The highest BCUT2D eigenvalue weighted by atomic mass is 32.2. The summed E-state index contributed by atoms with van der Waals surface area (Å²) in [6.45, 7) is 7.97. The maximum absolute atomic E-state index is 11.8. The van der Waals surface area contributed by atoms with Gasteiger partial charge in [0.2, 0.25) is 10.0 Å². The highest BCUT2D eigenvalue weighted by molar-refractivity contribution is 7.89. The summed E-state index contributed by atoms with van der Waals surface area (Å²) < 4.78 is 27.5. The Bertz CT molecular complexity index is 490. The number of rotatable bonds is 5. The Morgan fingerprint density at radius 1 is 1.69 bits per heavy atom. The minimum absolute atomic E-state index is 0.00981. The smallest absolute Gasteiger partial charge is 0.246 e. The van der Waals surface area contributed by atoms with E-state index in [9.17, 15) is 8.42 Å². The molecule has 0 bridgehead atoms. The molecule has 0 aliphatic carbocycles. The van der Waals surface area contributed by atoms with Gasteiger partial charge in [-0.05, 0) is 13.8 Å². The van der Waals surface area contributed by atoms with E-state index in [0.29, 0.717) is 6.54 Å². The lowest BCUT2D eigenvalue weighted by molar-refractivity contribution is 0.584. The van der Waals surface area contributed by atoms with E-state index in [-0.39, 0.29) is 17.3 Å². The normalized spacial score (nSPS) is 11.6. The highest BCUT2D eigenvalue weighted by Gasteiger charge is 2.20. The standard InChI is InChI=1S/C9H16N4O2S/c1-4-13-6-8(9(10)12-13)16(14,15)11-5-7(2)3/h6,11H,2,4-5H2,1,3H3,(H2,10,12). The van der Waals surface area contributed by atoms with Crippen LogP contribution in [0.15, 0.2) is 23.2 Å². The van der Waals surface area contributed by atoms with Crippen molar-refractivity contribution in [3.63, 3.8) is 0 Å². The fraction of sp³-hybridized carbons (Fsp3) is 0.444. The van der Waals surface area contributed by atoms with Gasteiger partial charge >= 0.3 is 0 Å². The maximum atomic E-state index is 11.8. The number of nitrogens with zero attached hydrogens (tertiary/aromatic N) is 2. The SMILES string of the molecule is C=C(C)CNS(=O)(=O)c1cn(CC)nc1N. The summed E-state index contributed by atoms with van der Waals surface area (Å²) in [7, 11) is -3.59. The van der Waals surface area contributed by atoms with Crippen molar-refractivity contribution in [2.24, 2.45) is 0 Å². The van der Waals surface area contributed by atoms with Crippen LogP contribution in [0.4, 0.5) is 5.82 Å². The van der Waals surface area contributed by atoms with Gasteiger partial charge in [-0.2, -0.15) is 5.10 Å². The Balaban J connectivity index is 2.97. The highest BCUT2D eigenvalue weighted by Crippen LogP contribution is 2.15. The van der Waals surface area contributed by atoms with E-state index < -0.39 is 10.0 Å². The zero-order valence-corrected chi connectivity index (χ0v) is 10.2. The molecule has 1 heterocycles. The van der Waals surface area contributed by atoms with E-state index in [0.717, 1.165) is 5.57 Å². The second kappa shape index (κ2) is 4.67. The van der Waals surface area contributed by atoms with Gasteiger partial charge in [0, 0.05) is 19.3 Å². The summed E-state index contributed by atoms with van der Waals surface area (Å²) in [4.78, 5) is 0.00981. The molecule has 16 heavy (non-hydrogen) atoms. The molecule has 0 atom stereocenters. The van der Waals surface area contributed by atoms with Crippen molar-refractivity contribution < 1.29 is 8.42 Å². The van der Waals surface area contributed by atoms with E-state index in [1.54, 1.807) is 6.92 Å². The third kappa shape index (κ3) is 2.83. The summed E-state index contributed by atoms with van der Waals surface area (Å²) in [6, 6.07) is 0. The van der Waals surface area contributed by atoms with Crippen LogP contribution in [-0.4, -0.2) is 24.7 Å². The van der Waals surface area contributed by atoms with E-state index in [1.807, 2.05) is 6.92 Å². The van der Waals surface area contributed by atoms with E-state index in [1.165, 1.54) is 10.9 Å². The van der Waals surface area contributed by atoms with E-state index in [4.69, 9.17) is 5.73 Å². The van der Waals surface area contributed by atoms with Crippen LogP contribution in [0, 0.1) is 0 Å². The predicted molar refractivity (Wildman–Crippen MR) is 62.3 cm³/mol. The first-order valence-electron chi connectivity index (χ1n) is 4.83. The van der Waals surface area contributed by atoms with Gasteiger partial charge in [0.15, 0.2) is 5.82 Å². The van der Waals surface area contributed by atoms with Crippen molar-refractivity contribution in [1.82, 2.24) is 14.5 Å². The molecule has 6 nitrogen and oxygen atoms in total. The third-order valence-electron chi connectivity index (χ3n) is 1.93. The number of anilines is 1. The Kier molecular flexibility index (Phi) is 3.71. The predicted octanol–water partition coefficient (Wildman–Crippen LogP) is 0.340.